The summed E-state index contributed by atoms with van der Waals surface area (Å²) in [6, 6.07) is 5.37. The summed E-state index contributed by atoms with van der Waals surface area (Å²) in [5, 5.41) is 12.6. The van der Waals surface area contributed by atoms with E-state index in [-0.39, 0.29) is 0 Å². The van der Waals surface area contributed by atoms with E-state index in [4.69, 9.17) is 17.3 Å². The smallest absolute Gasteiger partial charge is 0.159 e. The number of rotatable bonds is 2. The standard InChI is InChI=1S/C12H14ClN5/c13-9-5-6-11(10(14)7-9)18-12(15-16-17-18)8-3-1-2-4-8/h5-8H,1-4,14H2. The van der Waals surface area contributed by atoms with Gasteiger partial charge in [0.25, 0.3) is 0 Å². The van der Waals surface area contributed by atoms with Crippen molar-refractivity contribution in [3.05, 3.63) is 29.0 Å². The molecule has 0 saturated heterocycles. The van der Waals surface area contributed by atoms with Gasteiger partial charge in [-0.25, -0.2) is 0 Å². The molecule has 0 bridgehead atoms. The van der Waals surface area contributed by atoms with Gasteiger partial charge in [0.2, 0.25) is 0 Å². The Hall–Kier alpha value is -1.62. The Labute approximate surface area is 110 Å². The molecule has 94 valence electrons. The molecule has 3 rings (SSSR count). The summed E-state index contributed by atoms with van der Waals surface area (Å²) in [4.78, 5) is 0. The fourth-order valence-corrected chi connectivity index (χ4v) is 2.70. The molecule has 1 aliphatic carbocycles. The number of halogens is 1. The van der Waals surface area contributed by atoms with E-state index in [2.05, 4.69) is 15.5 Å². The maximum Gasteiger partial charge on any atom is 0.159 e. The Morgan fingerprint density at radius 2 is 2.06 bits per heavy atom. The molecule has 1 aromatic carbocycles. The van der Waals surface area contributed by atoms with Crippen LogP contribution in [0.25, 0.3) is 5.69 Å². The average Bonchev–Trinajstić information content (AvgIpc) is 2.98. The fourth-order valence-electron chi connectivity index (χ4n) is 2.52. The van der Waals surface area contributed by atoms with Gasteiger partial charge in [0.15, 0.2) is 5.82 Å². The first-order valence-corrected chi connectivity index (χ1v) is 6.47. The highest BCUT2D eigenvalue weighted by Gasteiger charge is 2.24. The average molecular weight is 264 g/mol. The first-order chi connectivity index (χ1) is 8.75. The second-order valence-electron chi connectivity index (χ2n) is 4.63. The van der Waals surface area contributed by atoms with Crippen LogP contribution in [0.15, 0.2) is 18.2 Å². The Morgan fingerprint density at radius 1 is 1.28 bits per heavy atom. The molecule has 0 unspecified atom stereocenters. The van der Waals surface area contributed by atoms with E-state index in [0.29, 0.717) is 16.6 Å². The second kappa shape index (κ2) is 4.57. The number of nitrogens with two attached hydrogens (primary N) is 1. The molecule has 1 aromatic heterocycles. The molecule has 1 fully saturated rings. The molecule has 0 amide bonds. The molecule has 1 heterocycles. The fraction of sp³-hybridized carbons (Fsp3) is 0.417. The van der Waals surface area contributed by atoms with E-state index in [1.54, 1.807) is 16.8 Å². The molecule has 5 nitrogen and oxygen atoms in total. The molecule has 0 atom stereocenters. The SMILES string of the molecule is Nc1cc(Cl)ccc1-n1nnnc1C1CCCC1. The Balaban J connectivity index is 2.03. The third kappa shape index (κ3) is 1.95. The summed E-state index contributed by atoms with van der Waals surface area (Å²) in [6.45, 7) is 0. The van der Waals surface area contributed by atoms with Crippen molar-refractivity contribution in [2.75, 3.05) is 5.73 Å². The highest BCUT2D eigenvalue weighted by molar-refractivity contribution is 6.30. The van der Waals surface area contributed by atoms with Crippen LogP contribution in [0.3, 0.4) is 0 Å². The number of nitrogen functional groups attached to an aromatic ring is 1. The lowest BCUT2D eigenvalue weighted by Crippen LogP contribution is -2.08. The Kier molecular flexibility index (Phi) is 2.91. The van der Waals surface area contributed by atoms with E-state index in [0.717, 1.165) is 24.4 Å². The predicted octanol–water partition coefficient (Wildman–Crippen LogP) is 2.56. The molecule has 6 heteroatoms. The highest BCUT2D eigenvalue weighted by Crippen LogP contribution is 2.34. The Bertz CT molecular complexity index is 559. The summed E-state index contributed by atoms with van der Waals surface area (Å²) < 4.78 is 1.74. The summed E-state index contributed by atoms with van der Waals surface area (Å²) in [5.41, 5.74) is 7.37. The molecule has 0 aliphatic heterocycles. The summed E-state index contributed by atoms with van der Waals surface area (Å²) in [6.07, 6.45) is 4.78. The quantitative estimate of drug-likeness (QED) is 0.846. The summed E-state index contributed by atoms with van der Waals surface area (Å²) >= 11 is 5.90. The van der Waals surface area contributed by atoms with Gasteiger partial charge in [-0.15, -0.1) is 5.10 Å². The number of hydrogen-bond acceptors (Lipinski definition) is 4. The van der Waals surface area contributed by atoms with Gasteiger partial charge < -0.3 is 5.73 Å². The van der Waals surface area contributed by atoms with Crippen LogP contribution in [-0.2, 0) is 0 Å². The predicted molar refractivity (Wildman–Crippen MR) is 69.8 cm³/mol. The molecule has 0 radical (unpaired) electrons. The maximum absolute atomic E-state index is 5.98. The number of hydrogen-bond donors (Lipinski definition) is 1. The van der Waals surface area contributed by atoms with E-state index < -0.39 is 0 Å². The van der Waals surface area contributed by atoms with Crippen molar-refractivity contribution in [1.29, 1.82) is 0 Å². The van der Waals surface area contributed by atoms with E-state index in [9.17, 15) is 0 Å². The van der Waals surface area contributed by atoms with Crippen molar-refractivity contribution < 1.29 is 0 Å². The van der Waals surface area contributed by atoms with Crippen molar-refractivity contribution in [1.82, 2.24) is 20.2 Å². The third-order valence-corrected chi connectivity index (χ3v) is 3.67. The third-order valence-electron chi connectivity index (χ3n) is 3.43. The van der Waals surface area contributed by atoms with Crippen LogP contribution in [0.5, 0.6) is 0 Å². The monoisotopic (exact) mass is 263 g/mol. The molecule has 18 heavy (non-hydrogen) atoms. The van der Waals surface area contributed by atoms with Crippen LogP contribution in [0, 0.1) is 0 Å². The molecule has 0 spiro atoms. The lowest BCUT2D eigenvalue weighted by molar-refractivity contribution is 0.637. The zero-order valence-corrected chi connectivity index (χ0v) is 10.6. The van der Waals surface area contributed by atoms with Gasteiger partial charge in [-0.1, -0.05) is 24.4 Å². The zero-order valence-electron chi connectivity index (χ0n) is 9.88. The summed E-state index contributed by atoms with van der Waals surface area (Å²) in [7, 11) is 0. The van der Waals surface area contributed by atoms with Gasteiger partial charge in [-0.05, 0) is 41.5 Å². The first-order valence-electron chi connectivity index (χ1n) is 6.09. The van der Waals surface area contributed by atoms with Crippen molar-refractivity contribution in [3.63, 3.8) is 0 Å². The number of tetrazole rings is 1. The van der Waals surface area contributed by atoms with Crippen molar-refractivity contribution in [3.8, 4) is 5.69 Å². The minimum absolute atomic E-state index is 0.440. The number of benzene rings is 1. The number of aromatic nitrogens is 4. The van der Waals surface area contributed by atoms with E-state index in [1.165, 1.54) is 12.8 Å². The normalized spacial score (nSPS) is 16.3. The van der Waals surface area contributed by atoms with Gasteiger partial charge in [0.1, 0.15) is 0 Å². The van der Waals surface area contributed by atoms with Crippen LogP contribution in [0.1, 0.15) is 37.4 Å². The van der Waals surface area contributed by atoms with Crippen molar-refractivity contribution >= 4 is 17.3 Å². The lowest BCUT2D eigenvalue weighted by atomic mass is 10.1. The van der Waals surface area contributed by atoms with Crippen LogP contribution >= 0.6 is 11.6 Å². The topological polar surface area (TPSA) is 69.6 Å². The van der Waals surface area contributed by atoms with Crippen LogP contribution in [0.2, 0.25) is 5.02 Å². The molecule has 1 aliphatic rings. The molecule has 2 aromatic rings. The van der Waals surface area contributed by atoms with Gasteiger partial charge in [0.05, 0.1) is 11.4 Å². The van der Waals surface area contributed by atoms with E-state index >= 15 is 0 Å². The minimum Gasteiger partial charge on any atom is -0.397 e. The van der Waals surface area contributed by atoms with Gasteiger partial charge in [-0.2, -0.15) is 4.68 Å². The van der Waals surface area contributed by atoms with Crippen molar-refractivity contribution in [2.24, 2.45) is 0 Å². The van der Waals surface area contributed by atoms with Gasteiger partial charge in [0, 0.05) is 10.9 Å². The number of nitrogens with zero attached hydrogens (tertiary/aromatic N) is 4. The summed E-state index contributed by atoms with van der Waals surface area (Å²) in [5.74, 6) is 1.34. The molecule has 2 N–H and O–H groups in total. The minimum atomic E-state index is 0.440. The van der Waals surface area contributed by atoms with Crippen molar-refractivity contribution in [2.45, 2.75) is 31.6 Å². The second-order valence-corrected chi connectivity index (χ2v) is 5.07. The maximum atomic E-state index is 5.98. The largest absolute Gasteiger partial charge is 0.397 e. The molecular formula is C12H14ClN5. The number of anilines is 1. The molecule has 1 saturated carbocycles. The van der Waals surface area contributed by atoms with Gasteiger partial charge in [-0.3, -0.25) is 0 Å². The molecular weight excluding hydrogens is 250 g/mol. The zero-order chi connectivity index (χ0) is 12.5. The Morgan fingerprint density at radius 3 is 2.78 bits per heavy atom. The van der Waals surface area contributed by atoms with Gasteiger partial charge >= 0.3 is 0 Å². The van der Waals surface area contributed by atoms with Crippen LogP contribution < -0.4 is 5.73 Å². The van der Waals surface area contributed by atoms with E-state index in [1.807, 2.05) is 6.07 Å². The highest BCUT2D eigenvalue weighted by atomic mass is 35.5. The first kappa shape index (κ1) is 11.5. The lowest BCUT2D eigenvalue weighted by Gasteiger charge is -2.11. The van der Waals surface area contributed by atoms with Crippen LogP contribution in [0.4, 0.5) is 5.69 Å². The van der Waals surface area contributed by atoms with Crippen LogP contribution in [-0.4, -0.2) is 20.2 Å².